The highest BCUT2D eigenvalue weighted by atomic mass is 16.7. The van der Waals surface area contributed by atoms with Gasteiger partial charge in [0.05, 0.1) is 33.3 Å². The van der Waals surface area contributed by atoms with Crippen LogP contribution < -0.4 is 5.46 Å². The molecule has 1 fully saturated rings. The summed E-state index contributed by atoms with van der Waals surface area (Å²) in [5, 5.41) is 2.57. The van der Waals surface area contributed by atoms with E-state index in [1.165, 1.54) is 60.9 Å². The van der Waals surface area contributed by atoms with Crippen LogP contribution in [0.4, 0.5) is 0 Å². The van der Waals surface area contributed by atoms with Crippen molar-refractivity contribution in [3.63, 3.8) is 0 Å². The van der Waals surface area contributed by atoms with Crippen molar-refractivity contribution in [2.45, 2.75) is 63.6 Å². The number of para-hydroxylation sites is 3. The van der Waals surface area contributed by atoms with Crippen LogP contribution in [0.1, 0.15) is 74.9 Å². The van der Waals surface area contributed by atoms with Gasteiger partial charge in [-0.25, -0.2) is 0 Å². The van der Waals surface area contributed by atoms with E-state index in [4.69, 9.17) is 9.31 Å². The third kappa shape index (κ3) is 3.01. The average Bonchev–Trinajstić information content (AvgIpc) is 3.47. The van der Waals surface area contributed by atoms with Gasteiger partial charge in [-0.2, -0.15) is 0 Å². The monoisotopic (exact) mass is 573 g/mol. The fourth-order valence-corrected chi connectivity index (χ4v) is 8.47. The van der Waals surface area contributed by atoms with Crippen molar-refractivity contribution >= 4 is 34.4 Å². The first-order valence-corrected chi connectivity index (χ1v) is 15.8. The highest BCUT2D eigenvalue weighted by Crippen LogP contribution is 2.60. The predicted octanol–water partition coefficient (Wildman–Crippen LogP) is 8.42. The van der Waals surface area contributed by atoms with Crippen LogP contribution in [0, 0.1) is 0 Å². The van der Waals surface area contributed by atoms with E-state index in [-0.39, 0.29) is 5.41 Å². The van der Waals surface area contributed by atoms with Crippen LogP contribution in [0.5, 0.6) is 0 Å². The summed E-state index contributed by atoms with van der Waals surface area (Å²) in [5.74, 6) is 0. The van der Waals surface area contributed by atoms with Crippen LogP contribution in [0.25, 0.3) is 27.5 Å². The molecule has 3 heterocycles. The third-order valence-corrected chi connectivity index (χ3v) is 11.3. The maximum atomic E-state index is 6.64. The Morgan fingerprint density at radius 2 is 1.11 bits per heavy atom. The van der Waals surface area contributed by atoms with Crippen molar-refractivity contribution in [2.24, 2.45) is 0 Å². The molecule has 1 saturated heterocycles. The van der Waals surface area contributed by atoms with E-state index >= 15 is 0 Å². The molecule has 0 N–H and O–H groups in total. The lowest BCUT2D eigenvalue weighted by Crippen LogP contribution is -2.45. The third-order valence-electron chi connectivity index (χ3n) is 11.3. The van der Waals surface area contributed by atoms with Gasteiger partial charge < -0.3 is 13.9 Å². The highest BCUT2D eigenvalue weighted by Gasteiger charge is 2.55. The first-order valence-electron chi connectivity index (χ1n) is 15.8. The van der Waals surface area contributed by atoms with E-state index in [0.717, 1.165) is 5.46 Å². The van der Waals surface area contributed by atoms with E-state index in [0.29, 0.717) is 0 Å². The summed E-state index contributed by atoms with van der Waals surface area (Å²) in [6.07, 6.45) is 0. The van der Waals surface area contributed by atoms with Crippen molar-refractivity contribution in [1.29, 1.82) is 0 Å². The SMILES string of the molecule is CC1(C)c2ccccc2C2(c3ccccc3-n3c4ccccc4c4cccc2c43)c2cc(B3OC(C)(C)C(C)(C)O3)ccc21. The van der Waals surface area contributed by atoms with E-state index in [9.17, 15) is 0 Å². The fraction of sp³-hybridized carbons (Fsp3) is 0.250. The molecule has 3 nitrogen and oxygen atoms in total. The Balaban J connectivity index is 1.46. The molecule has 0 radical (unpaired) electrons. The molecule has 1 spiro atoms. The van der Waals surface area contributed by atoms with Gasteiger partial charge in [-0.05, 0) is 78.7 Å². The van der Waals surface area contributed by atoms with Gasteiger partial charge in [-0.15, -0.1) is 0 Å². The molecule has 6 aromatic rings. The number of aromatic nitrogens is 1. The molecule has 1 atom stereocenters. The van der Waals surface area contributed by atoms with E-state index in [2.05, 4.69) is 155 Å². The minimum atomic E-state index is -0.526. The Labute approximate surface area is 259 Å². The number of hydrogen-bond donors (Lipinski definition) is 0. The van der Waals surface area contributed by atoms with Crippen molar-refractivity contribution < 1.29 is 9.31 Å². The zero-order chi connectivity index (χ0) is 30.2. The number of rotatable bonds is 1. The topological polar surface area (TPSA) is 23.4 Å². The molecule has 0 bridgehead atoms. The molecule has 0 saturated carbocycles. The lowest BCUT2D eigenvalue weighted by Gasteiger charge is -2.50. The van der Waals surface area contributed by atoms with Gasteiger partial charge in [0.1, 0.15) is 0 Å². The Kier molecular flexibility index (Phi) is 4.98. The van der Waals surface area contributed by atoms with Crippen LogP contribution in [0.2, 0.25) is 0 Å². The van der Waals surface area contributed by atoms with E-state index in [1.807, 2.05) is 0 Å². The normalized spacial score (nSPS) is 21.8. The fourth-order valence-electron chi connectivity index (χ4n) is 8.47. The van der Waals surface area contributed by atoms with Gasteiger partial charge in [0, 0.05) is 16.2 Å². The lowest BCUT2D eigenvalue weighted by molar-refractivity contribution is 0.00578. The summed E-state index contributed by atoms with van der Waals surface area (Å²) in [6.45, 7) is 13.3. The Morgan fingerprint density at radius 3 is 1.89 bits per heavy atom. The number of nitrogens with zero attached hydrogens (tertiary/aromatic N) is 1. The molecular weight excluding hydrogens is 537 g/mol. The van der Waals surface area contributed by atoms with Gasteiger partial charge in [0.2, 0.25) is 0 Å². The summed E-state index contributed by atoms with van der Waals surface area (Å²) in [7, 11) is -0.441. The smallest absolute Gasteiger partial charge is 0.399 e. The molecule has 1 aliphatic carbocycles. The minimum Gasteiger partial charge on any atom is -0.399 e. The molecule has 3 aliphatic rings. The van der Waals surface area contributed by atoms with Gasteiger partial charge in [-0.1, -0.05) is 111 Å². The average molecular weight is 574 g/mol. The summed E-state index contributed by atoms with van der Waals surface area (Å²) in [4.78, 5) is 0. The van der Waals surface area contributed by atoms with E-state index < -0.39 is 23.7 Å². The summed E-state index contributed by atoms with van der Waals surface area (Å²) < 4.78 is 15.8. The lowest BCUT2D eigenvalue weighted by atomic mass is 9.52. The molecule has 1 aromatic heterocycles. The summed E-state index contributed by atoms with van der Waals surface area (Å²) >= 11 is 0. The van der Waals surface area contributed by atoms with Crippen LogP contribution in [-0.2, 0) is 20.1 Å². The first-order chi connectivity index (χ1) is 21.1. The molecule has 4 heteroatoms. The van der Waals surface area contributed by atoms with Crippen molar-refractivity contribution in [1.82, 2.24) is 4.57 Å². The van der Waals surface area contributed by atoms with Crippen molar-refractivity contribution in [3.05, 3.63) is 143 Å². The number of benzene rings is 5. The van der Waals surface area contributed by atoms with Crippen LogP contribution in [-0.4, -0.2) is 22.9 Å². The summed E-state index contributed by atoms with van der Waals surface area (Å²) in [5.41, 5.74) is 11.3. The van der Waals surface area contributed by atoms with Crippen LogP contribution in [0.3, 0.4) is 0 Å². The molecule has 0 amide bonds. The maximum absolute atomic E-state index is 6.64. The number of fused-ring (bicyclic) bond motifs is 11. The van der Waals surface area contributed by atoms with Gasteiger partial charge in [0.25, 0.3) is 0 Å². The molecule has 1 unspecified atom stereocenters. The first kappa shape index (κ1) is 26.3. The van der Waals surface area contributed by atoms with Gasteiger partial charge >= 0.3 is 7.12 Å². The molecule has 5 aromatic carbocycles. The zero-order valence-corrected chi connectivity index (χ0v) is 26.2. The van der Waals surface area contributed by atoms with Gasteiger partial charge in [0.15, 0.2) is 0 Å². The summed E-state index contributed by atoms with van der Waals surface area (Å²) in [6, 6.07) is 40.9. The standard InChI is InChI=1S/C40H36BNO2/c1-37(2)28-16-8-9-17-30(28)40(33-24-25(22-23-29(33)37)41-43-38(3,4)39(5,6)44-41)31-18-10-12-21-35(31)42-34-20-11-7-14-26(34)27-15-13-19-32(40)36(27)42/h7-24H,1-6H3. The Morgan fingerprint density at radius 1 is 0.523 bits per heavy atom. The van der Waals surface area contributed by atoms with Gasteiger partial charge in [-0.3, -0.25) is 0 Å². The van der Waals surface area contributed by atoms with Crippen molar-refractivity contribution in [3.8, 4) is 5.69 Å². The molecule has 2 aliphatic heterocycles. The largest absolute Gasteiger partial charge is 0.494 e. The second kappa shape index (κ2) is 8.32. The zero-order valence-electron chi connectivity index (χ0n) is 26.2. The van der Waals surface area contributed by atoms with Crippen molar-refractivity contribution in [2.75, 3.05) is 0 Å². The molecular formula is C40H36BNO2. The number of hydrogen-bond acceptors (Lipinski definition) is 2. The molecule has 216 valence electrons. The van der Waals surface area contributed by atoms with E-state index in [1.54, 1.807) is 0 Å². The Bertz CT molecular complexity index is 2170. The van der Waals surface area contributed by atoms with Crippen LogP contribution >= 0.6 is 0 Å². The highest BCUT2D eigenvalue weighted by molar-refractivity contribution is 6.62. The molecule has 44 heavy (non-hydrogen) atoms. The second-order valence-electron chi connectivity index (χ2n) is 14.4. The Hall–Kier alpha value is -4.12. The van der Waals surface area contributed by atoms with Crippen LogP contribution in [0.15, 0.2) is 109 Å². The maximum Gasteiger partial charge on any atom is 0.494 e. The quantitative estimate of drug-likeness (QED) is 0.184. The second-order valence-corrected chi connectivity index (χ2v) is 14.4. The predicted molar refractivity (Wildman–Crippen MR) is 180 cm³/mol. The molecule has 9 rings (SSSR count). The minimum absolute atomic E-state index is 0.196.